The van der Waals surface area contributed by atoms with Gasteiger partial charge in [0.1, 0.15) is 10.7 Å². The van der Waals surface area contributed by atoms with Crippen LogP contribution >= 0.6 is 23.1 Å². The van der Waals surface area contributed by atoms with Crippen LogP contribution in [0.15, 0.2) is 65.4 Å². The van der Waals surface area contributed by atoms with E-state index >= 15 is 0 Å². The van der Waals surface area contributed by atoms with Crippen LogP contribution in [0, 0.1) is 0 Å². The number of hydrogen-bond donors (Lipinski definition) is 1. The van der Waals surface area contributed by atoms with Crippen molar-refractivity contribution >= 4 is 29.0 Å². The highest BCUT2D eigenvalue weighted by Gasteiger charge is 2.17. The van der Waals surface area contributed by atoms with Crippen molar-refractivity contribution in [3.63, 3.8) is 0 Å². The van der Waals surface area contributed by atoms with Crippen LogP contribution in [0.5, 0.6) is 0 Å². The first-order chi connectivity index (χ1) is 14.6. The normalized spacial score (nSPS) is 11.0. The van der Waals surface area contributed by atoms with Crippen LogP contribution in [0.3, 0.4) is 0 Å². The van der Waals surface area contributed by atoms with Crippen molar-refractivity contribution in [2.24, 2.45) is 0 Å². The molecule has 9 heteroatoms. The van der Waals surface area contributed by atoms with E-state index in [2.05, 4.69) is 25.5 Å². The molecule has 0 atom stereocenters. The number of aromatic nitrogens is 5. The second-order valence-corrected chi connectivity index (χ2v) is 8.64. The van der Waals surface area contributed by atoms with Gasteiger partial charge in [0.25, 0.3) is 5.91 Å². The predicted molar refractivity (Wildman–Crippen MR) is 119 cm³/mol. The zero-order valence-corrected chi connectivity index (χ0v) is 18.2. The van der Waals surface area contributed by atoms with Gasteiger partial charge < -0.3 is 5.32 Å². The van der Waals surface area contributed by atoms with Gasteiger partial charge in [0.2, 0.25) is 0 Å². The smallest absolute Gasteiger partial charge is 0.270 e. The van der Waals surface area contributed by atoms with Gasteiger partial charge in [-0.05, 0) is 38.1 Å². The van der Waals surface area contributed by atoms with Gasteiger partial charge in [-0.15, -0.1) is 21.5 Å². The Balaban J connectivity index is 1.59. The number of carbonyl (C=O) groups is 1. The molecule has 7 nitrogen and oxygen atoms in total. The third-order valence-electron chi connectivity index (χ3n) is 4.12. The van der Waals surface area contributed by atoms with E-state index in [-0.39, 0.29) is 11.9 Å². The van der Waals surface area contributed by atoms with Gasteiger partial charge in [-0.25, -0.2) is 4.98 Å². The maximum atomic E-state index is 12.1. The number of carbonyl (C=O) groups excluding carboxylic acids is 1. The lowest BCUT2D eigenvalue weighted by molar-refractivity contribution is 0.0938. The summed E-state index contributed by atoms with van der Waals surface area (Å²) in [4.78, 5) is 20.7. The van der Waals surface area contributed by atoms with Crippen LogP contribution < -0.4 is 5.32 Å². The average molecular weight is 437 g/mol. The van der Waals surface area contributed by atoms with E-state index in [0.29, 0.717) is 11.4 Å². The first kappa shape index (κ1) is 20.2. The van der Waals surface area contributed by atoms with Gasteiger partial charge in [-0.1, -0.05) is 30.0 Å². The number of thiazole rings is 1. The molecule has 0 spiro atoms. The highest BCUT2D eigenvalue weighted by molar-refractivity contribution is 7.98. The molecule has 0 radical (unpaired) electrons. The van der Waals surface area contributed by atoms with Gasteiger partial charge >= 0.3 is 0 Å². The molecule has 1 aromatic carbocycles. The lowest BCUT2D eigenvalue weighted by Gasteiger charge is -2.09. The summed E-state index contributed by atoms with van der Waals surface area (Å²) >= 11 is 3.01. The van der Waals surface area contributed by atoms with Gasteiger partial charge in [0.05, 0.1) is 5.75 Å². The number of nitrogens with zero attached hydrogens (tertiary/aromatic N) is 5. The quantitative estimate of drug-likeness (QED) is 0.437. The number of pyridine rings is 1. The van der Waals surface area contributed by atoms with Crippen molar-refractivity contribution in [1.29, 1.82) is 0 Å². The number of thioether (sulfide) groups is 1. The minimum atomic E-state index is -0.148. The summed E-state index contributed by atoms with van der Waals surface area (Å²) in [6.45, 7) is 3.86. The van der Waals surface area contributed by atoms with Crippen molar-refractivity contribution in [2.45, 2.75) is 30.8 Å². The predicted octanol–water partition coefficient (Wildman–Crippen LogP) is 4.22. The van der Waals surface area contributed by atoms with Gasteiger partial charge in [-0.2, -0.15) is 0 Å². The summed E-state index contributed by atoms with van der Waals surface area (Å²) in [7, 11) is 0. The fourth-order valence-electron chi connectivity index (χ4n) is 2.81. The molecule has 4 rings (SSSR count). The SMILES string of the molecule is CC(C)NC(=O)c1csc(CSc2nnc(-c3ccncc3)n2-c2ccccc2)n1. The molecule has 0 unspecified atom stereocenters. The molecule has 0 saturated carbocycles. The van der Waals surface area contributed by atoms with Crippen LogP contribution in [0.1, 0.15) is 29.3 Å². The zero-order chi connectivity index (χ0) is 20.9. The molecule has 1 N–H and O–H groups in total. The molecule has 1 amide bonds. The summed E-state index contributed by atoms with van der Waals surface area (Å²) in [6, 6.07) is 13.9. The summed E-state index contributed by atoms with van der Waals surface area (Å²) in [5, 5.41) is 15.1. The topological polar surface area (TPSA) is 85.6 Å². The van der Waals surface area contributed by atoms with Gasteiger partial charge in [0.15, 0.2) is 11.0 Å². The van der Waals surface area contributed by atoms with Crippen molar-refractivity contribution in [3.8, 4) is 17.1 Å². The maximum absolute atomic E-state index is 12.1. The summed E-state index contributed by atoms with van der Waals surface area (Å²) in [5.41, 5.74) is 2.37. The van der Waals surface area contributed by atoms with Crippen molar-refractivity contribution in [2.75, 3.05) is 0 Å². The minimum absolute atomic E-state index is 0.0769. The van der Waals surface area contributed by atoms with Crippen LogP contribution in [0.2, 0.25) is 0 Å². The highest BCUT2D eigenvalue weighted by Crippen LogP contribution is 2.30. The van der Waals surface area contributed by atoms with Crippen molar-refractivity contribution in [3.05, 3.63) is 70.9 Å². The van der Waals surface area contributed by atoms with Gasteiger partial charge in [0, 0.05) is 35.1 Å². The Kier molecular flexibility index (Phi) is 6.20. The molecular formula is C21H20N6OS2. The number of hydrogen-bond acceptors (Lipinski definition) is 7. The van der Waals surface area contributed by atoms with Gasteiger partial charge in [-0.3, -0.25) is 14.3 Å². The third kappa shape index (κ3) is 4.58. The lowest BCUT2D eigenvalue weighted by atomic mass is 10.2. The van der Waals surface area contributed by atoms with E-state index in [4.69, 9.17) is 0 Å². The fourth-order valence-corrected chi connectivity index (χ4v) is 4.55. The molecule has 0 saturated heterocycles. The largest absolute Gasteiger partial charge is 0.349 e. The average Bonchev–Trinajstić information content (AvgIpc) is 3.40. The van der Waals surface area contributed by atoms with Crippen LogP contribution in [0.4, 0.5) is 0 Å². The van der Waals surface area contributed by atoms with Crippen LogP contribution in [-0.2, 0) is 5.75 Å². The van der Waals surface area contributed by atoms with E-state index in [0.717, 1.165) is 27.2 Å². The van der Waals surface area contributed by atoms with Crippen LogP contribution in [0.25, 0.3) is 17.1 Å². The molecule has 3 heterocycles. The maximum Gasteiger partial charge on any atom is 0.270 e. The first-order valence-electron chi connectivity index (χ1n) is 9.41. The summed E-state index contributed by atoms with van der Waals surface area (Å²) in [5.74, 6) is 1.20. The number of para-hydroxylation sites is 1. The molecule has 30 heavy (non-hydrogen) atoms. The Hall–Kier alpha value is -3.04. The number of amides is 1. The first-order valence-corrected chi connectivity index (χ1v) is 11.3. The van der Waals surface area contributed by atoms with E-state index in [1.807, 2.05) is 60.9 Å². The molecule has 152 valence electrons. The molecule has 0 aliphatic rings. The highest BCUT2D eigenvalue weighted by atomic mass is 32.2. The molecule has 0 fully saturated rings. The molecule has 0 bridgehead atoms. The summed E-state index contributed by atoms with van der Waals surface area (Å²) in [6.07, 6.45) is 3.48. The number of nitrogens with one attached hydrogen (secondary N) is 1. The van der Waals surface area contributed by atoms with E-state index < -0.39 is 0 Å². The number of benzene rings is 1. The second kappa shape index (κ2) is 9.19. The third-order valence-corrected chi connectivity index (χ3v) is 6.09. The Morgan fingerprint density at radius 3 is 2.63 bits per heavy atom. The fraction of sp³-hybridized carbons (Fsp3) is 0.190. The molecule has 4 aromatic rings. The monoisotopic (exact) mass is 436 g/mol. The summed E-state index contributed by atoms with van der Waals surface area (Å²) < 4.78 is 2.03. The Morgan fingerprint density at radius 2 is 1.90 bits per heavy atom. The lowest BCUT2D eigenvalue weighted by Crippen LogP contribution is -2.30. The van der Waals surface area contributed by atoms with Crippen LogP contribution in [-0.4, -0.2) is 36.7 Å². The minimum Gasteiger partial charge on any atom is -0.349 e. The van der Waals surface area contributed by atoms with Crippen molar-refractivity contribution in [1.82, 2.24) is 30.0 Å². The standard InChI is InChI=1S/C21H20N6OS2/c1-14(2)23-20(28)17-12-29-18(24-17)13-30-21-26-25-19(15-8-10-22-11-9-15)27(21)16-6-4-3-5-7-16/h3-12,14H,13H2,1-2H3,(H,23,28). The van der Waals surface area contributed by atoms with E-state index in [9.17, 15) is 4.79 Å². The Bertz CT molecular complexity index is 1120. The molecule has 3 aromatic heterocycles. The molecule has 0 aliphatic heterocycles. The Morgan fingerprint density at radius 1 is 1.13 bits per heavy atom. The molecule has 0 aliphatic carbocycles. The number of rotatable bonds is 7. The van der Waals surface area contributed by atoms with E-state index in [1.165, 1.54) is 23.1 Å². The Labute approximate surface area is 182 Å². The second-order valence-electron chi connectivity index (χ2n) is 6.76. The molecular weight excluding hydrogens is 416 g/mol. The van der Waals surface area contributed by atoms with Crippen molar-refractivity contribution < 1.29 is 4.79 Å². The van der Waals surface area contributed by atoms with E-state index in [1.54, 1.807) is 17.8 Å². The zero-order valence-electron chi connectivity index (χ0n) is 16.5.